The highest BCUT2D eigenvalue weighted by atomic mass is 35.7. The molecule has 0 heterocycles. The molecule has 20 heavy (non-hydrogen) atoms. The Kier molecular flexibility index (Phi) is 5.96. The van der Waals surface area contributed by atoms with Crippen LogP contribution in [0.2, 0.25) is 0 Å². The number of nitrogens with zero attached hydrogens (tertiary/aromatic N) is 1. The van der Waals surface area contributed by atoms with E-state index in [1.54, 1.807) is 0 Å². The second-order valence-electron chi connectivity index (χ2n) is 3.94. The summed E-state index contributed by atoms with van der Waals surface area (Å²) in [5.74, 6) is 0. The third-order valence-electron chi connectivity index (χ3n) is 2.55. The van der Waals surface area contributed by atoms with Crippen molar-refractivity contribution >= 4 is 29.8 Å². The monoisotopic (exact) mass is 341 g/mol. The van der Waals surface area contributed by atoms with Crippen LogP contribution in [0.5, 0.6) is 0 Å². The number of hydrogen-bond donors (Lipinski definition) is 0. The summed E-state index contributed by atoms with van der Waals surface area (Å²) in [6.45, 7) is 2.74. The lowest BCUT2D eigenvalue weighted by Gasteiger charge is -2.17. The minimum atomic E-state index is -3.97. The standard InChI is InChI=1S/C11H16ClNO5S2/c1-3-18-8-7-13(2)20(16,17)11-6-4-5-10(9-11)19(12,14)15/h4-6,9H,3,7-8H2,1-2H3. The lowest BCUT2D eigenvalue weighted by molar-refractivity contribution is 0.138. The van der Waals surface area contributed by atoms with Crippen molar-refractivity contribution in [3.05, 3.63) is 24.3 Å². The summed E-state index contributed by atoms with van der Waals surface area (Å²) in [4.78, 5) is -0.378. The molecule has 0 fully saturated rings. The quantitative estimate of drug-likeness (QED) is 0.551. The molecule has 0 radical (unpaired) electrons. The Morgan fingerprint density at radius 1 is 1.20 bits per heavy atom. The molecule has 0 aliphatic heterocycles. The van der Waals surface area contributed by atoms with Gasteiger partial charge in [-0.15, -0.1) is 0 Å². The summed E-state index contributed by atoms with van der Waals surface area (Å²) in [5, 5.41) is 0. The highest BCUT2D eigenvalue weighted by Crippen LogP contribution is 2.21. The van der Waals surface area contributed by atoms with Crippen LogP contribution in [0.15, 0.2) is 34.1 Å². The summed E-state index contributed by atoms with van der Waals surface area (Å²) in [6.07, 6.45) is 0. The highest BCUT2D eigenvalue weighted by Gasteiger charge is 2.22. The molecule has 0 spiro atoms. The maximum Gasteiger partial charge on any atom is 0.261 e. The van der Waals surface area contributed by atoms with Crippen LogP contribution >= 0.6 is 10.7 Å². The molecule has 114 valence electrons. The van der Waals surface area contributed by atoms with Crippen LogP contribution < -0.4 is 0 Å². The van der Waals surface area contributed by atoms with Gasteiger partial charge in [-0.25, -0.2) is 16.8 Å². The first-order valence-corrected chi connectivity index (χ1v) is 9.53. The van der Waals surface area contributed by atoms with Crippen molar-refractivity contribution < 1.29 is 21.6 Å². The molecule has 0 saturated heterocycles. The van der Waals surface area contributed by atoms with Crippen LogP contribution in [0.25, 0.3) is 0 Å². The van der Waals surface area contributed by atoms with Gasteiger partial charge in [0, 0.05) is 30.9 Å². The Hall–Kier alpha value is -0.670. The van der Waals surface area contributed by atoms with E-state index >= 15 is 0 Å². The van der Waals surface area contributed by atoms with Crippen molar-refractivity contribution in [2.45, 2.75) is 16.7 Å². The summed E-state index contributed by atoms with van der Waals surface area (Å²) >= 11 is 0. The fourth-order valence-electron chi connectivity index (χ4n) is 1.42. The molecule has 6 nitrogen and oxygen atoms in total. The molecule has 1 aromatic rings. The number of halogens is 1. The average molecular weight is 342 g/mol. The van der Waals surface area contributed by atoms with Gasteiger partial charge in [0.2, 0.25) is 10.0 Å². The van der Waals surface area contributed by atoms with Crippen LogP contribution in [-0.4, -0.2) is 47.9 Å². The lowest BCUT2D eigenvalue weighted by Crippen LogP contribution is -2.30. The zero-order chi connectivity index (χ0) is 15.4. The maximum absolute atomic E-state index is 12.2. The van der Waals surface area contributed by atoms with Gasteiger partial charge in [-0.3, -0.25) is 0 Å². The lowest BCUT2D eigenvalue weighted by atomic mass is 10.4. The number of ether oxygens (including phenoxy) is 1. The van der Waals surface area contributed by atoms with E-state index in [1.165, 1.54) is 25.2 Å². The topological polar surface area (TPSA) is 80.8 Å². The zero-order valence-electron chi connectivity index (χ0n) is 11.1. The van der Waals surface area contributed by atoms with Gasteiger partial charge < -0.3 is 4.74 Å². The van der Waals surface area contributed by atoms with E-state index in [-0.39, 0.29) is 22.9 Å². The first-order chi connectivity index (χ1) is 9.19. The highest BCUT2D eigenvalue weighted by molar-refractivity contribution is 8.13. The average Bonchev–Trinajstić information content (AvgIpc) is 2.38. The molecular weight excluding hydrogens is 326 g/mol. The molecule has 9 heteroatoms. The van der Waals surface area contributed by atoms with Crippen molar-refractivity contribution in [2.24, 2.45) is 0 Å². The van der Waals surface area contributed by atoms with Gasteiger partial charge in [-0.1, -0.05) is 6.07 Å². The number of sulfonamides is 1. The minimum absolute atomic E-state index is 0.127. The van der Waals surface area contributed by atoms with E-state index in [0.717, 1.165) is 10.4 Å². The van der Waals surface area contributed by atoms with E-state index in [0.29, 0.717) is 6.61 Å². The molecule has 1 aromatic carbocycles. The predicted octanol–water partition coefficient (Wildman–Crippen LogP) is 1.27. The third-order valence-corrected chi connectivity index (χ3v) is 5.75. The fourth-order valence-corrected chi connectivity index (χ4v) is 3.50. The summed E-state index contributed by atoms with van der Waals surface area (Å²) in [5.41, 5.74) is 0. The van der Waals surface area contributed by atoms with Crippen molar-refractivity contribution in [3.63, 3.8) is 0 Å². The van der Waals surface area contributed by atoms with Gasteiger partial charge >= 0.3 is 0 Å². The number of likely N-dealkylation sites (N-methyl/N-ethyl adjacent to an activating group) is 1. The molecule has 1 rings (SSSR count). The number of benzene rings is 1. The van der Waals surface area contributed by atoms with Crippen molar-refractivity contribution in [3.8, 4) is 0 Å². The SMILES string of the molecule is CCOCCN(C)S(=O)(=O)c1cccc(S(=O)(=O)Cl)c1. The summed E-state index contributed by atoms with van der Waals surface area (Å²) in [6, 6.07) is 4.92. The van der Waals surface area contributed by atoms with Crippen LogP contribution in [0, 0.1) is 0 Å². The molecule has 0 atom stereocenters. The third kappa shape index (κ3) is 4.42. The normalized spacial score (nSPS) is 12.8. The van der Waals surface area contributed by atoms with Crippen molar-refractivity contribution in [2.75, 3.05) is 26.8 Å². The van der Waals surface area contributed by atoms with Crippen LogP contribution in [0.4, 0.5) is 0 Å². The Balaban J connectivity index is 3.04. The molecule has 0 bridgehead atoms. The number of hydrogen-bond acceptors (Lipinski definition) is 5. The van der Waals surface area contributed by atoms with Crippen molar-refractivity contribution in [1.29, 1.82) is 0 Å². The van der Waals surface area contributed by atoms with Gasteiger partial charge in [0.05, 0.1) is 16.4 Å². The smallest absolute Gasteiger partial charge is 0.261 e. The van der Waals surface area contributed by atoms with E-state index in [1.807, 2.05) is 6.92 Å². The second kappa shape index (κ2) is 6.86. The van der Waals surface area contributed by atoms with Crippen LogP contribution in [0.1, 0.15) is 6.92 Å². The van der Waals surface area contributed by atoms with Crippen LogP contribution in [0.3, 0.4) is 0 Å². The Labute approximate surface area is 123 Å². The van der Waals surface area contributed by atoms with Crippen molar-refractivity contribution in [1.82, 2.24) is 4.31 Å². The molecule has 0 aromatic heterocycles. The fraction of sp³-hybridized carbons (Fsp3) is 0.455. The van der Waals surface area contributed by atoms with Gasteiger partial charge in [0.25, 0.3) is 9.05 Å². The molecule has 0 aliphatic carbocycles. The summed E-state index contributed by atoms with van der Waals surface area (Å²) < 4.78 is 53.1. The van der Waals surface area contributed by atoms with Crippen LogP contribution in [-0.2, 0) is 23.8 Å². The minimum Gasteiger partial charge on any atom is -0.380 e. The predicted molar refractivity (Wildman–Crippen MR) is 75.8 cm³/mol. The Morgan fingerprint density at radius 3 is 2.35 bits per heavy atom. The van der Waals surface area contributed by atoms with Gasteiger partial charge in [0.1, 0.15) is 0 Å². The first-order valence-electron chi connectivity index (χ1n) is 5.78. The van der Waals surface area contributed by atoms with Gasteiger partial charge in [-0.05, 0) is 25.1 Å². The molecule has 0 unspecified atom stereocenters. The molecular formula is C11H16ClNO5S2. The maximum atomic E-state index is 12.2. The molecule has 0 aliphatic rings. The van der Waals surface area contributed by atoms with E-state index in [4.69, 9.17) is 15.4 Å². The first kappa shape index (κ1) is 17.4. The Bertz CT molecular complexity index is 657. The van der Waals surface area contributed by atoms with Gasteiger partial charge in [0.15, 0.2) is 0 Å². The number of rotatable bonds is 7. The van der Waals surface area contributed by atoms with E-state index < -0.39 is 19.1 Å². The Morgan fingerprint density at radius 2 is 1.80 bits per heavy atom. The summed E-state index contributed by atoms with van der Waals surface area (Å²) in [7, 11) is -1.13. The molecule has 0 amide bonds. The van der Waals surface area contributed by atoms with Gasteiger partial charge in [-0.2, -0.15) is 4.31 Å². The second-order valence-corrected chi connectivity index (χ2v) is 8.55. The largest absolute Gasteiger partial charge is 0.380 e. The van der Waals surface area contributed by atoms with E-state index in [9.17, 15) is 16.8 Å². The zero-order valence-corrected chi connectivity index (χ0v) is 13.5. The van der Waals surface area contributed by atoms with E-state index in [2.05, 4.69) is 0 Å². The molecule has 0 N–H and O–H groups in total. The molecule has 0 saturated carbocycles.